The van der Waals surface area contributed by atoms with Crippen LogP contribution in [0.25, 0.3) is 0 Å². The van der Waals surface area contributed by atoms with Gasteiger partial charge in [-0.3, -0.25) is 9.69 Å². The van der Waals surface area contributed by atoms with Crippen molar-refractivity contribution in [2.45, 2.75) is 20.0 Å². The minimum absolute atomic E-state index is 0.0343. The number of anilines is 1. The molecule has 2 rings (SSSR count). The molecule has 5 heteroatoms. The SMILES string of the molecule is CNCC1CN(CC(=O)Nc2ccc(C)cc2C)CCO1. The molecule has 1 fully saturated rings. The summed E-state index contributed by atoms with van der Waals surface area (Å²) in [5.41, 5.74) is 3.19. The second-order valence-corrected chi connectivity index (χ2v) is 5.65. The van der Waals surface area contributed by atoms with Crippen LogP contribution in [-0.2, 0) is 9.53 Å². The Balaban J connectivity index is 1.86. The van der Waals surface area contributed by atoms with Crippen molar-refractivity contribution < 1.29 is 9.53 Å². The van der Waals surface area contributed by atoms with Crippen molar-refractivity contribution in [2.24, 2.45) is 0 Å². The van der Waals surface area contributed by atoms with Gasteiger partial charge >= 0.3 is 0 Å². The molecule has 2 N–H and O–H groups in total. The van der Waals surface area contributed by atoms with Crippen molar-refractivity contribution in [1.82, 2.24) is 10.2 Å². The third-order valence-electron chi connectivity index (χ3n) is 3.68. The molecule has 1 aliphatic rings. The first-order valence-electron chi connectivity index (χ1n) is 7.44. The lowest BCUT2D eigenvalue weighted by Gasteiger charge is -2.32. The number of nitrogens with zero attached hydrogens (tertiary/aromatic N) is 1. The standard InChI is InChI=1S/C16H25N3O2/c1-12-4-5-15(13(2)8-12)18-16(20)11-19-6-7-21-14(10-19)9-17-3/h4-5,8,14,17H,6-7,9-11H2,1-3H3,(H,18,20). The molecule has 0 aliphatic carbocycles. The molecule has 1 unspecified atom stereocenters. The third kappa shape index (κ3) is 4.81. The van der Waals surface area contributed by atoms with E-state index in [0.29, 0.717) is 13.2 Å². The van der Waals surface area contributed by atoms with Crippen LogP contribution in [0.5, 0.6) is 0 Å². The highest BCUT2D eigenvalue weighted by Gasteiger charge is 2.21. The van der Waals surface area contributed by atoms with E-state index in [-0.39, 0.29) is 12.0 Å². The van der Waals surface area contributed by atoms with E-state index < -0.39 is 0 Å². The molecule has 0 aromatic heterocycles. The summed E-state index contributed by atoms with van der Waals surface area (Å²) in [5, 5.41) is 6.11. The van der Waals surface area contributed by atoms with Crippen LogP contribution in [0.3, 0.4) is 0 Å². The van der Waals surface area contributed by atoms with E-state index in [1.807, 2.05) is 33.0 Å². The zero-order chi connectivity index (χ0) is 15.2. The number of hydrogen-bond donors (Lipinski definition) is 2. The number of likely N-dealkylation sites (N-methyl/N-ethyl adjacent to an activating group) is 1. The van der Waals surface area contributed by atoms with Gasteiger partial charge in [0.1, 0.15) is 0 Å². The maximum absolute atomic E-state index is 12.2. The van der Waals surface area contributed by atoms with Crippen LogP contribution < -0.4 is 10.6 Å². The van der Waals surface area contributed by atoms with Gasteiger partial charge in [-0.25, -0.2) is 0 Å². The molecule has 116 valence electrons. The minimum Gasteiger partial charge on any atom is -0.374 e. The van der Waals surface area contributed by atoms with Crippen LogP contribution in [-0.4, -0.2) is 56.7 Å². The first kappa shape index (κ1) is 15.9. The highest BCUT2D eigenvalue weighted by atomic mass is 16.5. The Bertz CT molecular complexity index is 488. The maximum atomic E-state index is 12.2. The lowest BCUT2D eigenvalue weighted by molar-refractivity contribution is -0.119. The molecular formula is C16H25N3O2. The van der Waals surface area contributed by atoms with Crippen LogP contribution in [0.4, 0.5) is 5.69 Å². The Hall–Kier alpha value is -1.43. The lowest BCUT2D eigenvalue weighted by Crippen LogP contribution is -2.48. The molecule has 1 saturated heterocycles. The molecule has 21 heavy (non-hydrogen) atoms. The normalized spacial score (nSPS) is 19.5. The molecular weight excluding hydrogens is 266 g/mol. The minimum atomic E-state index is 0.0343. The van der Waals surface area contributed by atoms with Crippen LogP contribution >= 0.6 is 0 Å². The number of benzene rings is 1. The van der Waals surface area contributed by atoms with Gasteiger partial charge in [0.25, 0.3) is 0 Å². The number of carbonyl (C=O) groups excluding carboxylic acids is 1. The first-order valence-corrected chi connectivity index (χ1v) is 7.44. The van der Waals surface area contributed by atoms with E-state index >= 15 is 0 Å². The molecule has 5 nitrogen and oxygen atoms in total. The predicted molar refractivity (Wildman–Crippen MR) is 84.7 cm³/mol. The Kier molecular flexibility index (Phi) is 5.73. The van der Waals surface area contributed by atoms with Crippen LogP contribution in [0.1, 0.15) is 11.1 Å². The number of hydrogen-bond acceptors (Lipinski definition) is 4. The van der Waals surface area contributed by atoms with E-state index in [9.17, 15) is 4.79 Å². The fourth-order valence-corrected chi connectivity index (χ4v) is 2.62. The summed E-state index contributed by atoms with van der Waals surface area (Å²) in [6, 6.07) is 6.05. The molecule has 1 atom stereocenters. The summed E-state index contributed by atoms with van der Waals surface area (Å²) in [4.78, 5) is 14.3. The molecule has 1 amide bonds. The van der Waals surface area contributed by atoms with Gasteiger partial charge in [0.05, 0.1) is 19.3 Å². The molecule has 1 heterocycles. The van der Waals surface area contributed by atoms with Crippen LogP contribution in [0.2, 0.25) is 0 Å². The van der Waals surface area contributed by atoms with Crippen molar-refractivity contribution >= 4 is 11.6 Å². The van der Waals surface area contributed by atoms with Gasteiger partial charge in [0.15, 0.2) is 0 Å². The van der Waals surface area contributed by atoms with Crippen molar-refractivity contribution in [3.05, 3.63) is 29.3 Å². The highest BCUT2D eigenvalue weighted by molar-refractivity contribution is 5.93. The number of aryl methyl sites for hydroxylation is 2. The van der Waals surface area contributed by atoms with Gasteiger partial charge in [0.2, 0.25) is 5.91 Å². The molecule has 0 saturated carbocycles. The van der Waals surface area contributed by atoms with Gasteiger partial charge in [-0.15, -0.1) is 0 Å². The summed E-state index contributed by atoms with van der Waals surface area (Å²) in [6.07, 6.45) is 0.165. The zero-order valence-electron chi connectivity index (χ0n) is 13.1. The summed E-state index contributed by atoms with van der Waals surface area (Å²) in [5.74, 6) is 0.0343. The Labute approximate surface area is 126 Å². The predicted octanol–water partition coefficient (Wildman–Crippen LogP) is 1.16. The highest BCUT2D eigenvalue weighted by Crippen LogP contribution is 2.16. The fraction of sp³-hybridized carbons (Fsp3) is 0.562. The number of amides is 1. The van der Waals surface area contributed by atoms with Crippen LogP contribution in [0.15, 0.2) is 18.2 Å². The monoisotopic (exact) mass is 291 g/mol. The average Bonchev–Trinajstić information content (AvgIpc) is 2.43. The summed E-state index contributed by atoms with van der Waals surface area (Å²) in [7, 11) is 1.91. The smallest absolute Gasteiger partial charge is 0.238 e. The second kappa shape index (κ2) is 7.54. The Morgan fingerprint density at radius 2 is 2.24 bits per heavy atom. The first-order chi connectivity index (χ1) is 10.1. The zero-order valence-corrected chi connectivity index (χ0v) is 13.1. The summed E-state index contributed by atoms with van der Waals surface area (Å²) in [6.45, 7) is 7.57. The molecule has 1 aliphatic heterocycles. The number of rotatable bonds is 5. The van der Waals surface area contributed by atoms with Gasteiger partial charge in [-0.05, 0) is 32.5 Å². The number of nitrogens with one attached hydrogen (secondary N) is 2. The number of ether oxygens (including phenoxy) is 1. The molecule has 1 aromatic rings. The van der Waals surface area contributed by atoms with Gasteiger partial charge in [-0.1, -0.05) is 17.7 Å². The van der Waals surface area contributed by atoms with Gasteiger partial charge < -0.3 is 15.4 Å². The van der Waals surface area contributed by atoms with E-state index in [1.54, 1.807) is 0 Å². The van der Waals surface area contributed by atoms with Crippen molar-refractivity contribution in [3.63, 3.8) is 0 Å². The average molecular weight is 291 g/mol. The van der Waals surface area contributed by atoms with Crippen molar-refractivity contribution in [1.29, 1.82) is 0 Å². The topological polar surface area (TPSA) is 53.6 Å². The largest absolute Gasteiger partial charge is 0.374 e. The van der Waals surface area contributed by atoms with Crippen molar-refractivity contribution in [3.8, 4) is 0 Å². The van der Waals surface area contributed by atoms with Crippen LogP contribution in [0, 0.1) is 13.8 Å². The van der Waals surface area contributed by atoms with Gasteiger partial charge in [0, 0.05) is 25.3 Å². The van der Waals surface area contributed by atoms with Gasteiger partial charge in [-0.2, -0.15) is 0 Å². The molecule has 1 aromatic carbocycles. The number of carbonyl (C=O) groups is 1. The molecule has 0 radical (unpaired) electrons. The third-order valence-corrected chi connectivity index (χ3v) is 3.68. The second-order valence-electron chi connectivity index (χ2n) is 5.65. The summed E-state index contributed by atoms with van der Waals surface area (Å²) >= 11 is 0. The Morgan fingerprint density at radius 3 is 2.95 bits per heavy atom. The van der Waals surface area contributed by atoms with E-state index in [4.69, 9.17) is 4.74 Å². The quantitative estimate of drug-likeness (QED) is 0.855. The lowest BCUT2D eigenvalue weighted by atomic mass is 10.1. The molecule has 0 spiro atoms. The maximum Gasteiger partial charge on any atom is 0.238 e. The van der Waals surface area contributed by atoms with E-state index in [0.717, 1.165) is 30.9 Å². The molecule has 0 bridgehead atoms. The number of morpholine rings is 1. The summed E-state index contributed by atoms with van der Waals surface area (Å²) < 4.78 is 5.64. The van der Waals surface area contributed by atoms with E-state index in [2.05, 4.69) is 21.6 Å². The fourth-order valence-electron chi connectivity index (χ4n) is 2.62. The van der Waals surface area contributed by atoms with Crippen molar-refractivity contribution in [2.75, 3.05) is 45.2 Å². The van der Waals surface area contributed by atoms with E-state index in [1.165, 1.54) is 5.56 Å². The Morgan fingerprint density at radius 1 is 1.43 bits per heavy atom.